The summed E-state index contributed by atoms with van der Waals surface area (Å²) in [4.78, 5) is 18.3. The van der Waals surface area contributed by atoms with E-state index in [0.29, 0.717) is 17.1 Å². The number of rotatable bonds is 1. The number of pyridine rings is 1. The minimum absolute atomic E-state index is 0.133. The van der Waals surface area contributed by atoms with Crippen LogP contribution in [-0.2, 0) is 6.42 Å². The molecule has 0 spiro atoms. The van der Waals surface area contributed by atoms with Crippen LogP contribution in [0.25, 0.3) is 0 Å². The fraction of sp³-hybridized carbons (Fsp3) is 0.200. The average Bonchev–Trinajstić information content (AvgIpc) is 2.48. The van der Waals surface area contributed by atoms with Crippen molar-refractivity contribution in [1.29, 1.82) is 0 Å². The molecule has 20 heavy (non-hydrogen) atoms. The van der Waals surface area contributed by atoms with Crippen LogP contribution in [-0.4, -0.2) is 17.4 Å². The minimum atomic E-state index is -0.133. The first-order valence-corrected chi connectivity index (χ1v) is 7.13. The average molecular weight is 307 g/mol. The highest BCUT2D eigenvalue weighted by Crippen LogP contribution is 2.29. The van der Waals surface area contributed by atoms with Gasteiger partial charge in [0, 0.05) is 18.4 Å². The van der Waals surface area contributed by atoms with Crippen molar-refractivity contribution in [2.75, 3.05) is 11.4 Å². The monoisotopic (exact) mass is 306 g/mol. The van der Waals surface area contributed by atoms with Gasteiger partial charge in [0.25, 0.3) is 5.91 Å². The molecule has 0 N–H and O–H groups in total. The highest BCUT2D eigenvalue weighted by Gasteiger charge is 2.25. The maximum absolute atomic E-state index is 12.7. The van der Waals surface area contributed by atoms with Crippen LogP contribution in [0.3, 0.4) is 0 Å². The lowest BCUT2D eigenvalue weighted by molar-refractivity contribution is 0.0985. The Labute approximate surface area is 127 Å². The molecule has 1 aromatic carbocycles. The molecular formula is C15H12Cl2N2O. The maximum atomic E-state index is 12.7. The molecule has 0 bridgehead atoms. The zero-order chi connectivity index (χ0) is 14.1. The van der Waals surface area contributed by atoms with Gasteiger partial charge in [0.2, 0.25) is 0 Å². The van der Waals surface area contributed by atoms with Crippen molar-refractivity contribution >= 4 is 34.8 Å². The van der Waals surface area contributed by atoms with E-state index in [1.807, 2.05) is 18.2 Å². The summed E-state index contributed by atoms with van der Waals surface area (Å²) in [6, 6.07) is 9.46. The van der Waals surface area contributed by atoms with Crippen LogP contribution in [0.1, 0.15) is 22.3 Å². The van der Waals surface area contributed by atoms with Crippen LogP contribution in [0.2, 0.25) is 10.2 Å². The van der Waals surface area contributed by atoms with E-state index < -0.39 is 0 Å². The number of carbonyl (C=O) groups is 1. The molecule has 1 aliphatic heterocycles. The number of anilines is 1. The summed E-state index contributed by atoms with van der Waals surface area (Å²) < 4.78 is 0. The van der Waals surface area contributed by atoms with E-state index in [9.17, 15) is 4.79 Å². The molecule has 1 aliphatic rings. The van der Waals surface area contributed by atoms with Crippen LogP contribution in [0.4, 0.5) is 5.69 Å². The van der Waals surface area contributed by atoms with Gasteiger partial charge in [-0.25, -0.2) is 4.98 Å². The predicted octanol–water partition coefficient (Wildman–Crippen LogP) is 3.98. The summed E-state index contributed by atoms with van der Waals surface area (Å²) in [5.74, 6) is -0.133. The molecule has 102 valence electrons. The first kappa shape index (κ1) is 13.4. The second-order valence-corrected chi connectivity index (χ2v) is 5.47. The third-order valence-electron chi connectivity index (χ3n) is 3.41. The van der Waals surface area contributed by atoms with E-state index in [2.05, 4.69) is 11.1 Å². The van der Waals surface area contributed by atoms with Gasteiger partial charge in [-0.15, -0.1) is 0 Å². The molecule has 2 aromatic rings. The van der Waals surface area contributed by atoms with Crippen LogP contribution in [0.5, 0.6) is 0 Å². The van der Waals surface area contributed by atoms with Gasteiger partial charge < -0.3 is 4.90 Å². The number of hydrogen-bond acceptors (Lipinski definition) is 2. The van der Waals surface area contributed by atoms with Crippen molar-refractivity contribution in [2.45, 2.75) is 12.8 Å². The van der Waals surface area contributed by atoms with E-state index in [-0.39, 0.29) is 11.1 Å². The number of amides is 1. The van der Waals surface area contributed by atoms with Gasteiger partial charge in [-0.05, 0) is 30.5 Å². The van der Waals surface area contributed by atoms with Gasteiger partial charge in [0.15, 0.2) is 0 Å². The normalized spacial score (nSPS) is 14.0. The number of para-hydroxylation sites is 1. The van der Waals surface area contributed by atoms with Gasteiger partial charge in [-0.3, -0.25) is 4.79 Å². The summed E-state index contributed by atoms with van der Waals surface area (Å²) >= 11 is 11.9. The van der Waals surface area contributed by atoms with Gasteiger partial charge in [-0.2, -0.15) is 0 Å². The van der Waals surface area contributed by atoms with Crippen LogP contribution in [0, 0.1) is 0 Å². The summed E-state index contributed by atoms with van der Waals surface area (Å²) in [5, 5.41) is 0.588. The van der Waals surface area contributed by atoms with Crippen molar-refractivity contribution in [3.05, 3.63) is 57.8 Å². The SMILES string of the molecule is O=C(c1cc(Cl)ncc1Cl)N1CCCc2ccccc21. The quantitative estimate of drug-likeness (QED) is 0.747. The van der Waals surface area contributed by atoms with E-state index >= 15 is 0 Å². The highest BCUT2D eigenvalue weighted by molar-refractivity contribution is 6.35. The van der Waals surface area contributed by atoms with Gasteiger partial charge >= 0.3 is 0 Å². The second-order valence-electron chi connectivity index (χ2n) is 4.68. The molecular weight excluding hydrogens is 295 g/mol. The van der Waals surface area contributed by atoms with Crippen molar-refractivity contribution in [3.63, 3.8) is 0 Å². The molecule has 0 aliphatic carbocycles. The molecule has 3 nitrogen and oxygen atoms in total. The van der Waals surface area contributed by atoms with E-state index in [0.717, 1.165) is 18.5 Å². The first-order chi connectivity index (χ1) is 9.66. The number of aromatic nitrogens is 1. The Morgan fingerprint density at radius 3 is 2.90 bits per heavy atom. The van der Waals surface area contributed by atoms with Crippen LogP contribution < -0.4 is 4.90 Å². The molecule has 0 saturated heterocycles. The maximum Gasteiger partial charge on any atom is 0.259 e. The Kier molecular flexibility index (Phi) is 3.64. The molecule has 1 aromatic heterocycles. The first-order valence-electron chi connectivity index (χ1n) is 6.37. The summed E-state index contributed by atoms with van der Waals surface area (Å²) in [6.45, 7) is 0.687. The molecule has 0 fully saturated rings. The predicted molar refractivity (Wildman–Crippen MR) is 80.7 cm³/mol. The number of halogens is 2. The lowest BCUT2D eigenvalue weighted by Crippen LogP contribution is -2.35. The number of carbonyl (C=O) groups excluding carboxylic acids is 1. The van der Waals surface area contributed by atoms with Crippen LogP contribution >= 0.6 is 23.2 Å². The van der Waals surface area contributed by atoms with Crippen molar-refractivity contribution < 1.29 is 4.79 Å². The molecule has 0 saturated carbocycles. The summed E-state index contributed by atoms with van der Waals surface area (Å²) in [7, 11) is 0. The minimum Gasteiger partial charge on any atom is -0.308 e. The molecule has 3 rings (SSSR count). The fourth-order valence-corrected chi connectivity index (χ4v) is 2.81. The summed E-state index contributed by atoms with van der Waals surface area (Å²) in [5.41, 5.74) is 2.53. The number of hydrogen-bond donors (Lipinski definition) is 0. The lowest BCUT2D eigenvalue weighted by Gasteiger charge is -2.29. The molecule has 0 atom stereocenters. The third-order valence-corrected chi connectivity index (χ3v) is 3.92. The van der Waals surface area contributed by atoms with Crippen molar-refractivity contribution in [1.82, 2.24) is 4.98 Å². The molecule has 1 amide bonds. The number of nitrogens with zero attached hydrogens (tertiary/aromatic N) is 2. The third kappa shape index (κ3) is 2.39. The van der Waals surface area contributed by atoms with Crippen molar-refractivity contribution in [2.24, 2.45) is 0 Å². The zero-order valence-electron chi connectivity index (χ0n) is 10.6. The summed E-state index contributed by atoms with van der Waals surface area (Å²) in [6.07, 6.45) is 3.34. The number of fused-ring (bicyclic) bond motifs is 1. The zero-order valence-corrected chi connectivity index (χ0v) is 12.2. The molecule has 0 radical (unpaired) electrons. The van der Waals surface area contributed by atoms with E-state index in [1.165, 1.54) is 17.8 Å². The van der Waals surface area contributed by atoms with Gasteiger partial charge in [0.05, 0.1) is 10.6 Å². The Balaban J connectivity index is 2.02. The Hall–Kier alpha value is -1.58. The highest BCUT2D eigenvalue weighted by atomic mass is 35.5. The Morgan fingerprint density at radius 2 is 2.05 bits per heavy atom. The van der Waals surface area contributed by atoms with E-state index in [4.69, 9.17) is 23.2 Å². The van der Waals surface area contributed by atoms with E-state index in [1.54, 1.807) is 4.90 Å². The van der Waals surface area contributed by atoms with Gasteiger partial charge in [-0.1, -0.05) is 41.4 Å². The number of benzene rings is 1. The smallest absolute Gasteiger partial charge is 0.259 e. The topological polar surface area (TPSA) is 33.2 Å². The Bertz CT molecular complexity index is 673. The molecule has 5 heteroatoms. The number of aryl methyl sites for hydroxylation is 1. The molecule has 2 heterocycles. The van der Waals surface area contributed by atoms with Gasteiger partial charge in [0.1, 0.15) is 5.15 Å². The Morgan fingerprint density at radius 1 is 1.25 bits per heavy atom. The molecule has 0 unspecified atom stereocenters. The fourth-order valence-electron chi connectivity index (χ4n) is 2.47. The largest absolute Gasteiger partial charge is 0.308 e. The lowest BCUT2D eigenvalue weighted by atomic mass is 10.0. The van der Waals surface area contributed by atoms with Crippen LogP contribution in [0.15, 0.2) is 36.5 Å². The standard InChI is InChI=1S/C15H12Cl2N2O/c16-12-9-18-14(17)8-11(12)15(20)19-7-3-5-10-4-1-2-6-13(10)19/h1-2,4,6,8-9H,3,5,7H2. The second kappa shape index (κ2) is 5.43. The van der Waals surface area contributed by atoms with Crippen molar-refractivity contribution in [3.8, 4) is 0 Å².